The smallest absolute Gasteiger partial charge is 0.352 e. The van der Waals surface area contributed by atoms with E-state index in [0.717, 1.165) is 62.4 Å². The van der Waals surface area contributed by atoms with Gasteiger partial charge in [0.05, 0.1) is 6.42 Å². The third-order valence-electron chi connectivity index (χ3n) is 5.80. The number of H-pyrrole nitrogens is 1. The molecule has 0 aliphatic carbocycles. The lowest BCUT2D eigenvalue weighted by atomic mass is 10.1. The molecule has 1 saturated heterocycles. The van der Waals surface area contributed by atoms with Crippen LogP contribution in [-0.4, -0.2) is 76.1 Å². The Balaban J connectivity index is 1.17. The van der Waals surface area contributed by atoms with Crippen LogP contribution in [-0.2, 0) is 11.2 Å². The Hall–Kier alpha value is -3.46. The molecule has 4 rings (SSSR count). The summed E-state index contributed by atoms with van der Waals surface area (Å²) in [5.74, 6) is -0.423. The van der Waals surface area contributed by atoms with E-state index < -0.39 is 5.97 Å². The number of hydrogen-bond donors (Lipinski definition) is 3. The summed E-state index contributed by atoms with van der Waals surface area (Å²) in [7, 11) is 0. The fourth-order valence-electron chi connectivity index (χ4n) is 4.10. The second kappa shape index (κ2) is 10.2. The fraction of sp³-hybridized carbons (Fsp3) is 0.391. The summed E-state index contributed by atoms with van der Waals surface area (Å²) >= 11 is 0. The number of carboxylic acids is 1. The van der Waals surface area contributed by atoms with E-state index in [0.29, 0.717) is 12.1 Å². The zero-order valence-electron chi connectivity index (χ0n) is 18.0. The Kier molecular flexibility index (Phi) is 6.96. The van der Waals surface area contributed by atoms with E-state index >= 15 is 0 Å². The molecular weight excluding hydrogens is 408 g/mol. The van der Waals surface area contributed by atoms with E-state index in [1.165, 1.54) is 0 Å². The number of piperazine rings is 1. The summed E-state index contributed by atoms with van der Waals surface area (Å²) in [6.45, 7) is 5.35. The van der Waals surface area contributed by atoms with E-state index in [1.54, 1.807) is 12.4 Å². The van der Waals surface area contributed by atoms with Gasteiger partial charge in [-0.1, -0.05) is 18.2 Å². The van der Waals surface area contributed by atoms with Gasteiger partial charge in [-0.2, -0.15) is 0 Å². The third-order valence-corrected chi connectivity index (χ3v) is 5.80. The molecule has 0 saturated carbocycles. The number of fused-ring (bicyclic) bond motifs is 1. The van der Waals surface area contributed by atoms with Crippen LogP contribution in [0.15, 0.2) is 42.7 Å². The first kappa shape index (κ1) is 21.8. The second-order valence-electron chi connectivity index (χ2n) is 7.94. The van der Waals surface area contributed by atoms with Gasteiger partial charge in [0, 0.05) is 61.6 Å². The molecule has 1 fully saturated rings. The zero-order valence-corrected chi connectivity index (χ0v) is 18.0. The third kappa shape index (κ3) is 5.23. The Morgan fingerprint density at radius 2 is 1.78 bits per heavy atom. The molecule has 2 aromatic heterocycles. The highest BCUT2D eigenvalue weighted by Crippen LogP contribution is 2.23. The van der Waals surface area contributed by atoms with Crippen LogP contribution in [0.4, 0.5) is 5.95 Å². The first-order chi connectivity index (χ1) is 15.6. The molecule has 1 amide bonds. The van der Waals surface area contributed by atoms with Crippen LogP contribution in [0.25, 0.3) is 10.9 Å². The monoisotopic (exact) mass is 436 g/mol. The van der Waals surface area contributed by atoms with Crippen LogP contribution < -0.4 is 10.2 Å². The van der Waals surface area contributed by atoms with Crippen molar-refractivity contribution in [2.45, 2.75) is 19.3 Å². The number of aromatic amines is 1. The first-order valence-corrected chi connectivity index (χ1v) is 11.0. The van der Waals surface area contributed by atoms with Crippen LogP contribution in [0.1, 0.15) is 28.9 Å². The molecule has 0 atom stereocenters. The average molecular weight is 437 g/mol. The molecule has 1 aliphatic heterocycles. The van der Waals surface area contributed by atoms with E-state index in [1.807, 2.05) is 30.3 Å². The predicted molar refractivity (Wildman–Crippen MR) is 122 cm³/mol. The fourth-order valence-corrected chi connectivity index (χ4v) is 4.10. The van der Waals surface area contributed by atoms with Crippen molar-refractivity contribution in [3.8, 4) is 0 Å². The van der Waals surface area contributed by atoms with Crippen molar-refractivity contribution in [2.75, 3.05) is 44.2 Å². The van der Waals surface area contributed by atoms with Gasteiger partial charge in [-0.05, 0) is 31.5 Å². The minimum absolute atomic E-state index is 0.0508. The van der Waals surface area contributed by atoms with Crippen molar-refractivity contribution in [3.63, 3.8) is 0 Å². The number of hydrogen-bond acceptors (Lipinski definition) is 6. The minimum Gasteiger partial charge on any atom is -0.477 e. The number of aromatic nitrogens is 3. The van der Waals surface area contributed by atoms with Gasteiger partial charge in [-0.15, -0.1) is 0 Å². The van der Waals surface area contributed by atoms with Crippen molar-refractivity contribution < 1.29 is 14.7 Å². The molecule has 3 aromatic rings. The topological polar surface area (TPSA) is 114 Å². The molecule has 3 heterocycles. The summed E-state index contributed by atoms with van der Waals surface area (Å²) in [5, 5.41) is 13.2. The molecule has 9 heteroatoms. The standard InChI is InChI=1S/C23H28N6O3/c30-20(16-18-17-6-1-2-7-19(17)27-21(18)22(31)32)24-8-3-4-11-28-12-14-29(15-13-28)23-25-9-5-10-26-23/h1-2,5-7,9-10,27H,3-4,8,11-16H2,(H,24,30)(H,31,32). The first-order valence-electron chi connectivity index (χ1n) is 11.0. The van der Waals surface area contributed by atoms with Gasteiger partial charge in [-0.25, -0.2) is 14.8 Å². The number of carboxylic acid groups (broad SMARTS) is 1. The molecule has 32 heavy (non-hydrogen) atoms. The van der Waals surface area contributed by atoms with Crippen LogP contribution >= 0.6 is 0 Å². The van der Waals surface area contributed by atoms with Gasteiger partial charge in [0.1, 0.15) is 5.69 Å². The number of benzene rings is 1. The van der Waals surface area contributed by atoms with E-state index in [2.05, 4.69) is 30.1 Å². The quantitative estimate of drug-likeness (QED) is 0.439. The van der Waals surface area contributed by atoms with Crippen LogP contribution in [0, 0.1) is 0 Å². The normalized spacial score (nSPS) is 14.6. The van der Waals surface area contributed by atoms with Gasteiger partial charge in [0.15, 0.2) is 0 Å². The number of nitrogens with one attached hydrogen (secondary N) is 2. The summed E-state index contributed by atoms with van der Waals surface area (Å²) in [4.78, 5) is 40.1. The lowest BCUT2D eigenvalue weighted by Crippen LogP contribution is -2.47. The van der Waals surface area contributed by atoms with Crippen LogP contribution in [0.5, 0.6) is 0 Å². The van der Waals surface area contributed by atoms with Crippen molar-refractivity contribution in [2.24, 2.45) is 0 Å². The predicted octanol–water partition coefficient (Wildman–Crippen LogP) is 1.92. The molecule has 168 valence electrons. The maximum absolute atomic E-state index is 12.4. The number of aromatic carboxylic acids is 1. The maximum atomic E-state index is 12.4. The largest absolute Gasteiger partial charge is 0.477 e. The highest BCUT2D eigenvalue weighted by atomic mass is 16.4. The zero-order chi connectivity index (χ0) is 22.3. The second-order valence-corrected chi connectivity index (χ2v) is 7.94. The maximum Gasteiger partial charge on any atom is 0.352 e. The van der Waals surface area contributed by atoms with Crippen LogP contribution in [0.3, 0.4) is 0 Å². The molecule has 3 N–H and O–H groups in total. The molecule has 9 nitrogen and oxygen atoms in total. The number of carbonyl (C=O) groups excluding carboxylic acids is 1. The van der Waals surface area contributed by atoms with E-state index in [-0.39, 0.29) is 18.0 Å². The number of nitrogens with zero attached hydrogens (tertiary/aromatic N) is 4. The lowest BCUT2D eigenvalue weighted by Gasteiger charge is -2.34. The molecule has 1 aromatic carbocycles. The number of anilines is 1. The van der Waals surface area contributed by atoms with E-state index in [4.69, 9.17) is 0 Å². The van der Waals surface area contributed by atoms with Crippen molar-refractivity contribution in [3.05, 3.63) is 54.0 Å². The van der Waals surface area contributed by atoms with Gasteiger partial charge >= 0.3 is 5.97 Å². The van der Waals surface area contributed by atoms with Gasteiger partial charge in [-0.3, -0.25) is 9.69 Å². The summed E-state index contributed by atoms with van der Waals surface area (Å²) < 4.78 is 0. The lowest BCUT2D eigenvalue weighted by molar-refractivity contribution is -0.120. The molecule has 0 unspecified atom stereocenters. The van der Waals surface area contributed by atoms with Crippen LogP contribution in [0.2, 0.25) is 0 Å². The van der Waals surface area contributed by atoms with Gasteiger partial charge in [0.25, 0.3) is 0 Å². The Morgan fingerprint density at radius 1 is 1.03 bits per heavy atom. The van der Waals surface area contributed by atoms with Gasteiger partial charge in [0.2, 0.25) is 11.9 Å². The molecule has 0 radical (unpaired) electrons. The number of carbonyl (C=O) groups is 2. The summed E-state index contributed by atoms with van der Waals surface area (Å²) in [6, 6.07) is 9.16. The highest BCUT2D eigenvalue weighted by molar-refractivity contribution is 5.99. The average Bonchev–Trinajstić information content (AvgIpc) is 3.18. The molecule has 0 bridgehead atoms. The van der Waals surface area contributed by atoms with Crippen molar-refractivity contribution in [1.29, 1.82) is 0 Å². The molecular formula is C23H28N6O3. The number of rotatable bonds is 9. The van der Waals surface area contributed by atoms with Gasteiger partial charge < -0.3 is 20.3 Å². The molecule has 1 aliphatic rings. The Bertz CT molecular complexity index is 1060. The summed E-state index contributed by atoms with van der Waals surface area (Å²) in [6.07, 6.45) is 5.46. The molecule has 0 spiro atoms. The van der Waals surface area contributed by atoms with Crippen molar-refractivity contribution in [1.82, 2.24) is 25.2 Å². The SMILES string of the molecule is O=C(Cc1c(C(=O)O)[nH]c2ccccc12)NCCCCN1CCN(c2ncccn2)CC1. The van der Waals surface area contributed by atoms with E-state index in [9.17, 15) is 14.7 Å². The van der Waals surface area contributed by atoms with Crippen molar-refractivity contribution >= 4 is 28.7 Å². The number of para-hydroxylation sites is 1. The minimum atomic E-state index is -1.05. The number of amides is 1. The summed E-state index contributed by atoms with van der Waals surface area (Å²) in [5.41, 5.74) is 1.35. The number of unbranched alkanes of at least 4 members (excludes halogenated alkanes) is 1. The Morgan fingerprint density at radius 3 is 2.53 bits per heavy atom. The Labute approximate surface area is 186 Å². The highest BCUT2D eigenvalue weighted by Gasteiger charge is 2.20.